The van der Waals surface area contributed by atoms with Gasteiger partial charge in [-0.3, -0.25) is 14.7 Å². The minimum Gasteiger partial charge on any atom is -0.485 e. The predicted molar refractivity (Wildman–Crippen MR) is 153 cm³/mol. The maximum atomic E-state index is 12.7. The van der Waals surface area contributed by atoms with Crippen LogP contribution in [0.2, 0.25) is 0 Å². The summed E-state index contributed by atoms with van der Waals surface area (Å²) in [5, 5.41) is 19.0. The van der Waals surface area contributed by atoms with Crippen LogP contribution in [0.1, 0.15) is 79.5 Å². The molecule has 8 nitrogen and oxygen atoms in total. The molecular formula is C32H37N5O3. The minimum atomic E-state index is -1.05. The number of pyridine rings is 1. The van der Waals surface area contributed by atoms with E-state index in [1.165, 1.54) is 11.1 Å². The van der Waals surface area contributed by atoms with Gasteiger partial charge in [-0.1, -0.05) is 29.5 Å². The molecular weight excluding hydrogens is 502 g/mol. The Kier molecular flexibility index (Phi) is 6.22. The lowest BCUT2D eigenvalue weighted by molar-refractivity contribution is -0.147. The Balaban J connectivity index is 1.45. The monoisotopic (exact) mass is 539 g/mol. The molecule has 6 rings (SSSR count). The molecule has 0 fully saturated rings. The summed E-state index contributed by atoms with van der Waals surface area (Å²) >= 11 is 0. The standard InChI is InChI=1S/C32H37N5O3/c1-19-23(10-12-26-29(19)34-35-36(26)6)28(32(4,5)30(38)39)21-8-7-20-9-11-25(24(20)15-21)37-17-22-13-14-33-16-27(22)40-31(2,3)18-37/h7-8,10,12-16,25,28H,9,11,17-18H2,1-6H3,(H,38,39)/t25?,28-/m1/s1. The van der Waals surface area contributed by atoms with Gasteiger partial charge in [-0.25, -0.2) is 4.68 Å². The summed E-state index contributed by atoms with van der Waals surface area (Å²) < 4.78 is 8.13. The molecule has 1 aliphatic heterocycles. The maximum absolute atomic E-state index is 12.7. The molecule has 0 bridgehead atoms. The molecule has 4 aromatic rings. The van der Waals surface area contributed by atoms with Gasteiger partial charge in [0.25, 0.3) is 0 Å². The number of aromatic nitrogens is 4. The van der Waals surface area contributed by atoms with E-state index < -0.39 is 11.4 Å². The number of nitrogens with zero attached hydrogens (tertiary/aromatic N) is 5. The number of carboxylic acid groups (broad SMARTS) is 1. The molecule has 1 N–H and O–H groups in total. The highest BCUT2D eigenvalue weighted by atomic mass is 16.5. The predicted octanol–water partition coefficient (Wildman–Crippen LogP) is 5.57. The van der Waals surface area contributed by atoms with E-state index in [0.717, 1.165) is 65.0 Å². The zero-order chi connectivity index (χ0) is 28.4. The molecule has 2 aromatic carbocycles. The molecule has 40 heavy (non-hydrogen) atoms. The first kappa shape index (κ1) is 26.4. The van der Waals surface area contributed by atoms with Crippen LogP contribution in [0.15, 0.2) is 48.8 Å². The highest BCUT2D eigenvalue weighted by Gasteiger charge is 2.42. The Morgan fingerprint density at radius 3 is 2.75 bits per heavy atom. The fraction of sp³-hybridized carbons (Fsp3) is 0.438. The Hall–Kier alpha value is -3.78. The average Bonchev–Trinajstić information content (AvgIpc) is 3.45. The second-order valence-corrected chi connectivity index (χ2v) is 12.6. The average molecular weight is 540 g/mol. The van der Waals surface area contributed by atoms with Crippen molar-refractivity contribution >= 4 is 17.0 Å². The second kappa shape index (κ2) is 9.41. The summed E-state index contributed by atoms with van der Waals surface area (Å²) in [6.45, 7) is 11.5. The Morgan fingerprint density at radius 2 is 1.98 bits per heavy atom. The van der Waals surface area contributed by atoms with E-state index in [4.69, 9.17) is 4.74 Å². The molecule has 3 heterocycles. The molecule has 2 aromatic heterocycles. The fourth-order valence-electron chi connectivity index (χ4n) is 6.77. The number of hydrogen-bond donors (Lipinski definition) is 1. The molecule has 0 radical (unpaired) electrons. The van der Waals surface area contributed by atoms with Crippen molar-refractivity contribution in [3.8, 4) is 5.75 Å². The number of carbonyl (C=O) groups is 1. The number of fused-ring (bicyclic) bond motifs is 3. The smallest absolute Gasteiger partial charge is 0.310 e. The van der Waals surface area contributed by atoms with E-state index in [2.05, 4.69) is 58.3 Å². The first-order valence-corrected chi connectivity index (χ1v) is 14.0. The van der Waals surface area contributed by atoms with Crippen molar-refractivity contribution in [2.45, 2.75) is 71.6 Å². The van der Waals surface area contributed by atoms with Gasteiger partial charge in [0.2, 0.25) is 0 Å². The lowest BCUT2D eigenvalue weighted by Gasteiger charge is -2.35. The van der Waals surface area contributed by atoms with Gasteiger partial charge in [-0.05, 0) is 87.4 Å². The minimum absolute atomic E-state index is 0.217. The summed E-state index contributed by atoms with van der Waals surface area (Å²) in [5.41, 5.74) is 7.05. The van der Waals surface area contributed by atoms with Crippen LogP contribution in [0.3, 0.4) is 0 Å². The van der Waals surface area contributed by atoms with Gasteiger partial charge in [0.15, 0.2) is 0 Å². The highest BCUT2D eigenvalue weighted by molar-refractivity contribution is 5.81. The van der Waals surface area contributed by atoms with Gasteiger partial charge >= 0.3 is 5.97 Å². The van der Waals surface area contributed by atoms with E-state index in [0.29, 0.717) is 0 Å². The molecule has 1 aliphatic carbocycles. The third kappa shape index (κ3) is 4.35. The fourth-order valence-corrected chi connectivity index (χ4v) is 6.77. The van der Waals surface area contributed by atoms with Crippen molar-refractivity contribution in [2.75, 3.05) is 6.54 Å². The number of aliphatic carboxylic acids is 1. The molecule has 8 heteroatoms. The summed E-state index contributed by atoms with van der Waals surface area (Å²) in [6.07, 6.45) is 5.66. The number of carboxylic acids is 1. The van der Waals surface area contributed by atoms with Gasteiger partial charge in [0.05, 0.1) is 17.1 Å². The van der Waals surface area contributed by atoms with Crippen LogP contribution in [0.25, 0.3) is 11.0 Å². The normalized spacial score (nSPS) is 19.5. The SMILES string of the molecule is Cc1c([C@@H](c2ccc3c(c2)C(N2Cc4ccncc4OC(C)(C)C2)CC3)C(C)(C)C(=O)O)ccc2c1nnn2C. The van der Waals surface area contributed by atoms with Crippen LogP contribution >= 0.6 is 0 Å². The van der Waals surface area contributed by atoms with E-state index in [-0.39, 0.29) is 17.6 Å². The lowest BCUT2D eigenvalue weighted by atomic mass is 9.69. The van der Waals surface area contributed by atoms with Gasteiger partial charge in [0, 0.05) is 43.9 Å². The second-order valence-electron chi connectivity index (χ2n) is 12.6. The quantitative estimate of drug-likeness (QED) is 0.354. The molecule has 0 saturated carbocycles. The Labute approximate surface area is 235 Å². The lowest BCUT2D eigenvalue weighted by Crippen LogP contribution is -2.41. The molecule has 2 aliphatic rings. The van der Waals surface area contributed by atoms with Crippen molar-refractivity contribution < 1.29 is 14.6 Å². The number of aryl methyl sites for hydroxylation is 3. The molecule has 0 spiro atoms. The number of hydrogen-bond acceptors (Lipinski definition) is 6. The molecule has 208 valence electrons. The molecule has 0 saturated heterocycles. The van der Waals surface area contributed by atoms with Crippen molar-refractivity contribution in [3.05, 3.63) is 82.2 Å². The van der Waals surface area contributed by atoms with Crippen molar-refractivity contribution in [1.82, 2.24) is 24.9 Å². The van der Waals surface area contributed by atoms with E-state index in [9.17, 15) is 9.90 Å². The van der Waals surface area contributed by atoms with Crippen LogP contribution < -0.4 is 4.74 Å². The van der Waals surface area contributed by atoms with Crippen LogP contribution in [-0.4, -0.2) is 48.1 Å². The summed E-state index contributed by atoms with van der Waals surface area (Å²) in [4.78, 5) is 19.5. The van der Waals surface area contributed by atoms with Crippen LogP contribution in [-0.2, 0) is 24.8 Å². The third-order valence-electron chi connectivity index (χ3n) is 8.87. The Morgan fingerprint density at radius 1 is 1.18 bits per heavy atom. The van der Waals surface area contributed by atoms with Crippen LogP contribution in [0.5, 0.6) is 5.75 Å². The summed E-state index contributed by atoms with van der Waals surface area (Å²) in [5.74, 6) is -0.344. The number of ether oxygens (including phenoxy) is 1. The Bertz CT molecular complexity index is 1620. The van der Waals surface area contributed by atoms with E-state index in [1.807, 2.05) is 52.3 Å². The summed E-state index contributed by atoms with van der Waals surface area (Å²) in [6, 6.07) is 12.9. The van der Waals surface area contributed by atoms with Crippen LogP contribution in [0.4, 0.5) is 0 Å². The topological polar surface area (TPSA) is 93.4 Å². The van der Waals surface area contributed by atoms with Gasteiger partial charge in [0.1, 0.15) is 16.9 Å². The van der Waals surface area contributed by atoms with E-state index in [1.54, 1.807) is 4.68 Å². The zero-order valence-corrected chi connectivity index (χ0v) is 24.1. The van der Waals surface area contributed by atoms with Crippen molar-refractivity contribution in [3.63, 3.8) is 0 Å². The third-order valence-corrected chi connectivity index (χ3v) is 8.87. The highest BCUT2D eigenvalue weighted by Crippen LogP contribution is 2.47. The first-order chi connectivity index (χ1) is 19.0. The van der Waals surface area contributed by atoms with Crippen molar-refractivity contribution in [1.29, 1.82) is 0 Å². The van der Waals surface area contributed by atoms with Gasteiger partial charge < -0.3 is 9.84 Å². The molecule has 1 unspecified atom stereocenters. The number of benzene rings is 2. The van der Waals surface area contributed by atoms with Crippen molar-refractivity contribution in [2.24, 2.45) is 12.5 Å². The largest absolute Gasteiger partial charge is 0.485 e. The maximum Gasteiger partial charge on any atom is 0.310 e. The number of rotatable bonds is 5. The molecule has 2 atom stereocenters. The van der Waals surface area contributed by atoms with Gasteiger partial charge in [-0.2, -0.15) is 0 Å². The zero-order valence-electron chi connectivity index (χ0n) is 24.1. The first-order valence-electron chi connectivity index (χ1n) is 14.0. The molecule has 0 amide bonds. The van der Waals surface area contributed by atoms with E-state index >= 15 is 0 Å². The van der Waals surface area contributed by atoms with Gasteiger partial charge in [-0.15, -0.1) is 5.10 Å². The van der Waals surface area contributed by atoms with Crippen LogP contribution in [0, 0.1) is 12.3 Å². The summed E-state index contributed by atoms with van der Waals surface area (Å²) in [7, 11) is 1.87.